The summed E-state index contributed by atoms with van der Waals surface area (Å²) >= 11 is 0. The van der Waals surface area contributed by atoms with Crippen LogP contribution in [-0.4, -0.2) is 22.0 Å². The van der Waals surface area contributed by atoms with E-state index in [1.54, 1.807) is 13.0 Å². The van der Waals surface area contributed by atoms with E-state index in [1.165, 1.54) is 25.1 Å². The Balaban J connectivity index is 2.35. The van der Waals surface area contributed by atoms with Gasteiger partial charge in [-0.2, -0.15) is 0 Å². The number of anilines is 1. The molecule has 0 unspecified atom stereocenters. The number of para-hydroxylation sites is 1. The molecule has 0 aliphatic heterocycles. The van der Waals surface area contributed by atoms with Crippen LogP contribution in [0.1, 0.15) is 32.1 Å². The predicted octanol–water partition coefficient (Wildman–Crippen LogP) is 2.72. The van der Waals surface area contributed by atoms with Crippen molar-refractivity contribution in [2.24, 2.45) is 0 Å². The summed E-state index contributed by atoms with van der Waals surface area (Å²) in [6.07, 6.45) is 0. The summed E-state index contributed by atoms with van der Waals surface area (Å²) in [7, 11) is 0. The molecule has 20 heavy (non-hydrogen) atoms. The minimum Gasteiger partial charge on any atom is -0.477 e. The average molecular weight is 276 g/mol. The largest absolute Gasteiger partial charge is 0.477 e. The van der Waals surface area contributed by atoms with E-state index >= 15 is 0 Å². The van der Waals surface area contributed by atoms with Crippen LogP contribution in [0.15, 0.2) is 24.3 Å². The zero-order chi connectivity index (χ0) is 14.9. The molecule has 0 aliphatic rings. The van der Waals surface area contributed by atoms with Crippen molar-refractivity contribution in [2.75, 3.05) is 5.32 Å². The molecule has 1 aromatic heterocycles. The predicted molar refractivity (Wildman–Crippen MR) is 71.6 cm³/mol. The van der Waals surface area contributed by atoms with Gasteiger partial charge in [0.1, 0.15) is 11.5 Å². The van der Waals surface area contributed by atoms with Gasteiger partial charge in [-0.3, -0.25) is 4.79 Å². The second-order valence-electron chi connectivity index (χ2n) is 4.36. The Morgan fingerprint density at radius 3 is 2.45 bits per heavy atom. The van der Waals surface area contributed by atoms with Gasteiger partial charge < -0.3 is 15.4 Å². The van der Waals surface area contributed by atoms with Crippen LogP contribution in [0, 0.1) is 19.7 Å². The molecule has 0 radical (unpaired) electrons. The van der Waals surface area contributed by atoms with Crippen molar-refractivity contribution in [2.45, 2.75) is 13.8 Å². The molecule has 6 heteroatoms. The summed E-state index contributed by atoms with van der Waals surface area (Å²) in [6, 6.07) is 5.77. The summed E-state index contributed by atoms with van der Waals surface area (Å²) in [4.78, 5) is 25.8. The number of benzene rings is 1. The number of aromatic amines is 1. The van der Waals surface area contributed by atoms with Crippen LogP contribution in [-0.2, 0) is 0 Å². The molecular weight excluding hydrogens is 263 g/mol. The van der Waals surface area contributed by atoms with Gasteiger partial charge in [-0.15, -0.1) is 0 Å². The lowest BCUT2D eigenvalue weighted by Gasteiger charge is -2.06. The number of carbonyl (C=O) groups is 2. The van der Waals surface area contributed by atoms with Crippen molar-refractivity contribution in [3.63, 3.8) is 0 Å². The number of rotatable bonds is 3. The molecule has 1 aromatic carbocycles. The molecule has 2 rings (SSSR count). The molecule has 104 valence electrons. The Morgan fingerprint density at radius 2 is 1.90 bits per heavy atom. The monoisotopic (exact) mass is 276 g/mol. The summed E-state index contributed by atoms with van der Waals surface area (Å²) in [5.41, 5.74) is 0.971. The van der Waals surface area contributed by atoms with Crippen LogP contribution >= 0.6 is 0 Å². The fraction of sp³-hybridized carbons (Fsp3) is 0.143. The number of H-pyrrole nitrogens is 1. The molecule has 0 saturated carbocycles. The summed E-state index contributed by atoms with van der Waals surface area (Å²) in [5, 5.41) is 11.4. The van der Waals surface area contributed by atoms with Gasteiger partial charge in [0.2, 0.25) is 0 Å². The number of carboxylic acid groups (broad SMARTS) is 1. The highest BCUT2D eigenvalue weighted by atomic mass is 19.1. The standard InChI is InChI=1S/C14H13FN2O3/c1-7-11(8(2)16-12(7)14(19)20)13(18)17-10-6-4-3-5-9(10)15/h3-6,16H,1-2H3,(H,17,18)(H,19,20). The van der Waals surface area contributed by atoms with E-state index in [1.807, 2.05) is 0 Å². The van der Waals surface area contributed by atoms with Crippen LogP contribution in [0.4, 0.5) is 10.1 Å². The summed E-state index contributed by atoms with van der Waals surface area (Å²) in [6.45, 7) is 3.12. The van der Waals surface area contributed by atoms with Crippen molar-refractivity contribution in [3.8, 4) is 0 Å². The second kappa shape index (κ2) is 5.16. The number of aryl methyl sites for hydroxylation is 1. The molecule has 0 fully saturated rings. The van der Waals surface area contributed by atoms with E-state index in [2.05, 4.69) is 10.3 Å². The number of carboxylic acids is 1. The first kappa shape index (κ1) is 13.8. The van der Waals surface area contributed by atoms with Crippen molar-refractivity contribution >= 4 is 17.6 Å². The molecule has 0 bridgehead atoms. The lowest BCUT2D eigenvalue weighted by Crippen LogP contribution is -2.14. The van der Waals surface area contributed by atoms with Gasteiger partial charge in [0.05, 0.1) is 11.3 Å². The molecule has 0 atom stereocenters. The first-order chi connectivity index (χ1) is 9.41. The third-order valence-corrected chi connectivity index (χ3v) is 3.00. The molecule has 3 N–H and O–H groups in total. The lowest BCUT2D eigenvalue weighted by molar-refractivity contribution is 0.0690. The first-order valence-corrected chi connectivity index (χ1v) is 5.90. The fourth-order valence-electron chi connectivity index (χ4n) is 2.05. The number of aromatic nitrogens is 1. The third-order valence-electron chi connectivity index (χ3n) is 3.00. The quantitative estimate of drug-likeness (QED) is 0.806. The van der Waals surface area contributed by atoms with Gasteiger partial charge >= 0.3 is 5.97 Å². The minimum atomic E-state index is -1.14. The number of hydrogen-bond acceptors (Lipinski definition) is 2. The highest BCUT2D eigenvalue weighted by Crippen LogP contribution is 2.20. The van der Waals surface area contributed by atoms with Gasteiger partial charge in [0.15, 0.2) is 0 Å². The van der Waals surface area contributed by atoms with Crippen LogP contribution in [0.25, 0.3) is 0 Å². The Kier molecular flexibility index (Phi) is 3.56. The van der Waals surface area contributed by atoms with E-state index in [0.29, 0.717) is 11.3 Å². The maximum absolute atomic E-state index is 13.5. The molecule has 1 amide bonds. The zero-order valence-corrected chi connectivity index (χ0v) is 11.0. The van der Waals surface area contributed by atoms with Gasteiger partial charge in [0.25, 0.3) is 5.91 Å². The van der Waals surface area contributed by atoms with Gasteiger partial charge in [0, 0.05) is 5.69 Å². The van der Waals surface area contributed by atoms with Crippen molar-refractivity contribution in [1.82, 2.24) is 4.98 Å². The Hall–Kier alpha value is -2.63. The van der Waals surface area contributed by atoms with Crippen LogP contribution in [0.2, 0.25) is 0 Å². The molecule has 2 aromatic rings. The van der Waals surface area contributed by atoms with Crippen molar-refractivity contribution in [1.29, 1.82) is 0 Å². The zero-order valence-electron chi connectivity index (χ0n) is 11.0. The average Bonchev–Trinajstić information content (AvgIpc) is 2.68. The lowest BCUT2D eigenvalue weighted by atomic mass is 10.1. The number of carbonyl (C=O) groups excluding carboxylic acids is 1. The topological polar surface area (TPSA) is 82.2 Å². The van der Waals surface area contributed by atoms with E-state index in [-0.39, 0.29) is 16.9 Å². The SMILES string of the molecule is Cc1[nH]c(C(=O)O)c(C)c1C(=O)Nc1ccccc1F. The van der Waals surface area contributed by atoms with E-state index in [9.17, 15) is 14.0 Å². The Labute approximate surface area is 114 Å². The van der Waals surface area contributed by atoms with Gasteiger partial charge in [-0.05, 0) is 31.5 Å². The maximum atomic E-state index is 13.5. The number of halogens is 1. The van der Waals surface area contributed by atoms with Gasteiger partial charge in [-0.25, -0.2) is 9.18 Å². The van der Waals surface area contributed by atoms with Crippen LogP contribution in [0.3, 0.4) is 0 Å². The summed E-state index contributed by atoms with van der Waals surface area (Å²) < 4.78 is 13.5. The van der Waals surface area contributed by atoms with Crippen molar-refractivity contribution in [3.05, 3.63) is 52.6 Å². The molecule has 0 saturated heterocycles. The second-order valence-corrected chi connectivity index (χ2v) is 4.36. The van der Waals surface area contributed by atoms with E-state index in [0.717, 1.165) is 0 Å². The first-order valence-electron chi connectivity index (χ1n) is 5.90. The summed E-state index contributed by atoms with van der Waals surface area (Å²) in [5.74, 6) is -2.24. The fourth-order valence-corrected chi connectivity index (χ4v) is 2.05. The number of hydrogen-bond donors (Lipinski definition) is 3. The maximum Gasteiger partial charge on any atom is 0.352 e. The van der Waals surface area contributed by atoms with Crippen LogP contribution < -0.4 is 5.32 Å². The van der Waals surface area contributed by atoms with Gasteiger partial charge in [-0.1, -0.05) is 12.1 Å². The third kappa shape index (κ3) is 2.40. The number of amides is 1. The van der Waals surface area contributed by atoms with Crippen molar-refractivity contribution < 1.29 is 19.1 Å². The minimum absolute atomic E-state index is 0.0406. The molecule has 0 aliphatic carbocycles. The molecular formula is C14H13FN2O3. The van der Waals surface area contributed by atoms with E-state index < -0.39 is 17.7 Å². The Morgan fingerprint density at radius 1 is 1.25 bits per heavy atom. The highest BCUT2D eigenvalue weighted by molar-refractivity contribution is 6.08. The van der Waals surface area contributed by atoms with Crippen LogP contribution in [0.5, 0.6) is 0 Å². The normalized spacial score (nSPS) is 10.3. The number of aromatic carboxylic acids is 1. The molecule has 1 heterocycles. The number of nitrogens with one attached hydrogen (secondary N) is 2. The highest BCUT2D eigenvalue weighted by Gasteiger charge is 2.22. The smallest absolute Gasteiger partial charge is 0.352 e. The molecule has 0 spiro atoms. The Bertz CT molecular complexity index is 692. The van der Waals surface area contributed by atoms with E-state index in [4.69, 9.17) is 5.11 Å². The molecule has 5 nitrogen and oxygen atoms in total.